The number of anilines is 2. The predicted octanol–water partition coefficient (Wildman–Crippen LogP) is 3.03. The van der Waals surface area contributed by atoms with E-state index in [2.05, 4.69) is 27.6 Å². The van der Waals surface area contributed by atoms with Crippen LogP contribution in [-0.4, -0.2) is 9.97 Å². The van der Waals surface area contributed by atoms with E-state index in [-0.39, 0.29) is 11.9 Å². The van der Waals surface area contributed by atoms with E-state index >= 15 is 0 Å². The first-order valence-corrected chi connectivity index (χ1v) is 6.99. The summed E-state index contributed by atoms with van der Waals surface area (Å²) < 4.78 is 13.8. The summed E-state index contributed by atoms with van der Waals surface area (Å²) in [5.74, 6) is 7.05. The minimum atomic E-state index is -0.238. The largest absolute Gasteiger partial charge is 0.363 e. The number of aromatic nitrogens is 2. The van der Waals surface area contributed by atoms with Gasteiger partial charge in [-0.25, -0.2) is 20.2 Å². The summed E-state index contributed by atoms with van der Waals surface area (Å²) in [6.07, 6.45) is 1.70. The molecule has 0 aliphatic heterocycles. The second-order valence-corrected chi connectivity index (χ2v) is 4.84. The molecule has 1 heterocycles. The van der Waals surface area contributed by atoms with Gasteiger partial charge in [0.15, 0.2) is 0 Å². The average molecular weight is 289 g/mol. The Labute approximate surface area is 123 Å². The van der Waals surface area contributed by atoms with Crippen molar-refractivity contribution < 1.29 is 4.39 Å². The Morgan fingerprint density at radius 3 is 2.62 bits per heavy atom. The van der Waals surface area contributed by atoms with Crippen LogP contribution in [0.2, 0.25) is 0 Å². The number of hydrogen-bond acceptors (Lipinski definition) is 5. The van der Waals surface area contributed by atoms with Crippen molar-refractivity contribution in [1.82, 2.24) is 9.97 Å². The zero-order valence-corrected chi connectivity index (χ0v) is 12.2. The van der Waals surface area contributed by atoms with Gasteiger partial charge in [-0.1, -0.05) is 25.1 Å². The van der Waals surface area contributed by atoms with E-state index in [0.29, 0.717) is 23.0 Å². The normalized spacial score (nSPS) is 12.0. The molecule has 5 nitrogen and oxygen atoms in total. The molecule has 21 heavy (non-hydrogen) atoms. The van der Waals surface area contributed by atoms with Crippen LogP contribution in [0.15, 0.2) is 30.3 Å². The minimum Gasteiger partial charge on any atom is -0.363 e. The minimum absolute atomic E-state index is 0.207. The van der Waals surface area contributed by atoms with Gasteiger partial charge in [0.05, 0.1) is 6.04 Å². The fourth-order valence-corrected chi connectivity index (χ4v) is 2.11. The van der Waals surface area contributed by atoms with Crippen molar-refractivity contribution in [3.8, 4) is 0 Å². The molecule has 0 spiro atoms. The third kappa shape index (κ3) is 3.88. The van der Waals surface area contributed by atoms with Crippen molar-refractivity contribution in [1.29, 1.82) is 0 Å². The first-order valence-electron chi connectivity index (χ1n) is 6.99. The number of nitrogens with two attached hydrogens (primary N) is 1. The molecule has 1 aromatic heterocycles. The van der Waals surface area contributed by atoms with Crippen LogP contribution >= 0.6 is 0 Å². The van der Waals surface area contributed by atoms with Crippen LogP contribution in [0.25, 0.3) is 0 Å². The molecule has 0 radical (unpaired) electrons. The quantitative estimate of drug-likeness (QED) is 0.563. The zero-order chi connectivity index (χ0) is 15.2. The molecule has 1 unspecified atom stereocenters. The van der Waals surface area contributed by atoms with E-state index in [4.69, 9.17) is 5.84 Å². The Morgan fingerprint density at radius 2 is 1.95 bits per heavy atom. The lowest BCUT2D eigenvalue weighted by Gasteiger charge is -2.16. The first-order chi connectivity index (χ1) is 10.1. The van der Waals surface area contributed by atoms with Gasteiger partial charge < -0.3 is 10.7 Å². The van der Waals surface area contributed by atoms with Crippen LogP contribution in [0.5, 0.6) is 0 Å². The monoisotopic (exact) mass is 289 g/mol. The second kappa shape index (κ2) is 6.99. The Kier molecular flexibility index (Phi) is 5.05. The standard InChI is InChI=1S/C15H20FN5/c1-3-6-13-19-14(9-15(20-13)21-17)18-10(2)11-7-4-5-8-12(11)16/h4-5,7-10H,3,6,17H2,1-2H3,(H2,18,19,20,21). The van der Waals surface area contributed by atoms with E-state index in [9.17, 15) is 4.39 Å². The predicted molar refractivity (Wildman–Crippen MR) is 82.3 cm³/mol. The summed E-state index contributed by atoms with van der Waals surface area (Å²) in [6, 6.07) is 8.18. The molecule has 4 N–H and O–H groups in total. The summed E-state index contributed by atoms with van der Waals surface area (Å²) in [7, 11) is 0. The molecule has 2 aromatic rings. The lowest BCUT2D eigenvalue weighted by atomic mass is 10.1. The number of nitrogens with one attached hydrogen (secondary N) is 2. The van der Waals surface area contributed by atoms with Crippen molar-refractivity contribution in [2.45, 2.75) is 32.7 Å². The zero-order valence-electron chi connectivity index (χ0n) is 12.2. The Bertz CT molecular complexity index is 602. The van der Waals surface area contributed by atoms with Gasteiger partial charge in [0.1, 0.15) is 23.3 Å². The molecule has 0 amide bonds. The van der Waals surface area contributed by atoms with Crippen molar-refractivity contribution in [3.05, 3.63) is 47.5 Å². The molecule has 1 aromatic carbocycles. The van der Waals surface area contributed by atoms with Gasteiger partial charge in [0.25, 0.3) is 0 Å². The number of aryl methyl sites for hydroxylation is 1. The third-order valence-corrected chi connectivity index (χ3v) is 3.13. The first kappa shape index (κ1) is 15.2. The van der Waals surface area contributed by atoms with Crippen LogP contribution in [0.4, 0.5) is 16.0 Å². The van der Waals surface area contributed by atoms with Gasteiger partial charge in [0.2, 0.25) is 0 Å². The van der Waals surface area contributed by atoms with Crippen LogP contribution in [-0.2, 0) is 6.42 Å². The van der Waals surface area contributed by atoms with Gasteiger partial charge >= 0.3 is 0 Å². The molecule has 2 rings (SSSR count). The molecule has 6 heteroatoms. The van der Waals surface area contributed by atoms with Gasteiger partial charge in [-0.2, -0.15) is 0 Å². The number of nitrogen functional groups attached to an aromatic ring is 1. The van der Waals surface area contributed by atoms with E-state index in [1.54, 1.807) is 18.2 Å². The Morgan fingerprint density at radius 1 is 1.24 bits per heavy atom. The van der Waals surface area contributed by atoms with Gasteiger partial charge in [-0.05, 0) is 19.4 Å². The maximum atomic E-state index is 13.8. The second-order valence-electron chi connectivity index (χ2n) is 4.84. The van der Waals surface area contributed by atoms with Crippen LogP contribution in [0.3, 0.4) is 0 Å². The van der Waals surface area contributed by atoms with E-state index in [0.717, 1.165) is 12.8 Å². The number of rotatable bonds is 6. The summed E-state index contributed by atoms with van der Waals surface area (Å²) in [5.41, 5.74) is 3.12. The van der Waals surface area contributed by atoms with Crippen molar-refractivity contribution in [3.63, 3.8) is 0 Å². The highest BCUT2D eigenvalue weighted by Gasteiger charge is 2.12. The van der Waals surface area contributed by atoms with E-state index in [1.165, 1.54) is 6.07 Å². The SMILES string of the molecule is CCCc1nc(NN)cc(NC(C)c2ccccc2F)n1. The third-order valence-electron chi connectivity index (χ3n) is 3.13. The summed E-state index contributed by atoms with van der Waals surface area (Å²) >= 11 is 0. The van der Waals surface area contributed by atoms with Crippen molar-refractivity contribution in [2.24, 2.45) is 5.84 Å². The number of hydrazine groups is 1. The van der Waals surface area contributed by atoms with Gasteiger partial charge in [0, 0.05) is 18.1 Å². The highest BCUT2D eigenvalue weighted by atomic mass is 19.1. The molecule has 0 saturated heterocycles. The van der Waals surface area contributed by atoms with E-state index in [1.807, 2.05) is 13.0 Å². The van der Waals surface area contributed by atoms with Crippen molar-refractivity contribution in [2.75, 3.05) is 10.7 Å². The Balaban J connectivity index is 2.22. The molecule has 1 atom stereocenters. The summed E-state index contributed by atoms with van der Waals surface area (Å²) in [6.45, 7) is 3.94. The summed E-state index contributed by atoms with van der Waals surface area (Å²) in [5, 5.41) is 3.19. The number of halogens is 1. The Hall–Kier alpha value is -2.21. The summed E-state index contributed by atoms with van der Waals surface area (Å²) in [4.78, 5) is 8.70. The lowest BCUT2D eigenvalue weighted by Crippen LogP contribution is -2.14. The molecular formula is C15H20FN5. The fraction of sp³-hybridized carbons (Fsp3) is 0.333. The average Bonchev–Trinajstić information content (AvgIpc) is 2.47. The van der Waals surface area contributed by atoms with Crippen LogP contribution in [0, 0.1) is 5.82 Å². The molecule has 0 aliphatic carbocycles. The lowest BCUT2D eigenvalue weighted by molar-refractivity contribution is 0.600. The van der Waals surface area contributed by atoms with Crippen molar-refractivity contribution >= 4 is 11.6 Å². The molecular weight excluding hydrogens is 269 g/mol. The molecule has 0 saturated carbocycles. The topological polar surface area (TPSA) is 75.9 Å². The smallest absolute Gasteiger partial charge is 0.145 e. The number of benzene rings is 1. The highest BCUT2D eigenvalue weighted by Crippen LogP contribution is 2.21. The molecule has 0 bridgehead atoms. The highest BCUT2D eigenvalue weighted by molar-refractivity contribution is 5.48. The molecule has 0 aliphatic rings. The van der Waals surface area contributed by atoms with E-state index < -0.39 is 0 Å². The fourth-order valence-electron chi connectivity index (χ4n) is 2.11. The molecule has 0 fully saturated rings. The maximum absolute atomic E-state index is 13.8. The van der Waals surface area contributed by atoms with Crippen LogP contribution in [0.1, 0.15) is 37.7 Å². The van der Waals surface area contributed by atoms with Gasteiger partial charge in [-0.15, -0.1) is 0 Å². The number of nitrogens with zero attached hydrogens (tertiary/aromatic N) is 2. The number of hydrogen-bond donors (Lipinski definition) is 3. The van der Waals surface area contributed by atoms with Crippen LogP contribution < -0.4 is 16.6 Å². The molecule has 112 valence electrons. The maximum Gasteiger partial charge on any atom is 0.145 e. The van der Waals surface area contributed by atoms with Gasteiger partial charge in [-0.3, -0.25) is 0 Å².